The summed E-state index contributed by atoms with van der Waals surface area (Å²) in [6, 6.07) is 20.3. The van der Waals surface area contributed by atoms with Gasteiger partial charge in [-0.15, -0.1) is 0 Å². The minimum Gasteiger partial charge on any atom is -0.491 e. The van der Waals surface area contributed by atoms with Gasteiger partial charge in [0.15, 0.2) is 8.32 Å². The third-order valence-corrected chi connectivity index (χ3v) is 12.5. The van der Waals surface area contributed by atoms with Crippen LogP contribution in [0.1, 0.15) is 36.7 Å². The van der Waals surface area contributed by atoms with E-state index >= 15 is 0 Å². The molecule has 0 bridgehead atoms. The maximum atomic E-state index is 13.6. The Labute approximate surface area is 249 Å². The first-order chi connectivity index (χ1) is 20.0. The zero-order chi connectivity index (χ0) is 30.3. The molecule has 1 saturated heterocycles. The van der Waals surface area contributed by atoms with Gasteiger partial charge in [-0.2, -0.15) is 5.26 Å². The van der Waals surface area contributed by atoms with Crippen molar-refractivity contribution in [3.05, 3.63) is 78.0 Å². The molecule has 42 heavy (non-hydrogen) atoms. The second-order valence-electron chi connectivity index (χ2n) is 12.0. The van der Waals surface area contributed by atoms with Crippen molar-refractivity contribution in [3.63, 3.8) is 0 Å². The highest BCUT2D eigenvalue weighted by Gasteiger charge is 2.39. The average Bonchev–Trinajstić information content (AvgIpc) is 2.99. The molecule has 0 radical (unpaired) electrons. The van der Waals surface area contributed by atoms with E-state index in [-0.39, 0.29) is 17.6 Å². The molecule has 1 atom stereocenters. The fourth-order valence-electron chi connectivity index (χ4n) is 4.41. The molecule has 0 spiro atoms. The van der Waals surface area contributed by atoms with Crippen LogP contribution in [0.2, 0.25) is 18.1 Å². The highest BCUT2D eigenvalue weighted by atomic mass is 28.4. The van der Waals surface area contributed by atoms with E-state index < -0.39 is 21.1 Å². The Bertz CT molecular complexity index is 1380. The molecule has 222 valence electrons. The number of hydrogen-bond acceptors (Lipinski definition) is 7. The molecule has 1 aromatic heterocycles. The van der Waals surface area contributed by atoms with E-state index in [0.29, 0.717) is 22.6 Å². The molecule has 3 aromatic rings. The molecule has 1 unspecified atom stereocenters. The summed E-state index contributed by atoms with van der Waals surface area (Å²) < 4.78 is 25.6. The number of piperazine rings is 1. The number of hydrogen-bond donors (Lipinski definition) is 1. The van der Waals surface area contributed by atoms with Crippen LogP contribution in [0.4, 0.5) is 21.6 Å². The van der Waals surface area contributed by atoms with Crippen molar-refractivity contribution < 1.29 is 18.3 Å². The van der Waals surface area contributed by atoms with Gasteiger partial charge < -0.3 is 24.3 Å². The first kappa shape index (κ1) is 31.0. The number of pyridine rings is 1. The number of carbonyl (C=O) groups excluding carboxylic acids is 1. The number of aromatic nitrogens is 1. The summed E-state index contributed by atoms with van der Waals surface area (Å²) in [4.78, 5) is 21.7. The highest BCUT2D eigenvalue weighted by molar-refractivity contribution is 6.74. The zero-order valence-electron chi connectivity index (χ0n) is 25.1. The summed E-state index contributed by atoms with van der Waals surface area (Å²) in [6.45, 7) is 13.3. The van der Waals surface area contributed by atoms with Gasteiger partial charge in [-0.05, 0) is 78.8 Å². The third kappa shape index (κ3) is 7.87. The number of nitriles is 1. The summed E-state index contributed by atoms with van der Waals surface area (Å²) in [5.74, 6) is 1.16. The normalized spacial score (nSPS) is 14.7. The molecular formula is C32H40FN5O3Si. The van der Waals surface area contributed by atoms with E-state index in [1.807, 2.05) is 30.3 Å². The SMILES string of the molecule is CC(C)(C)[Si](C)(C)OC(CF)COc1ccc(C(=O)Nc2ccc(N3CCN(c4cc(C#N)ccn4)CC3)cc2)cc1. The number of halogens is 1. The van der Waals surface area contributed by atoms with E-state index in [9.17, 15) is 9.18 Å². The monoisotopic (exact) mass is 589 g/mol. The molecule has 10 heteroatoms. The molecule has 1 aliphatic rings. The number of alkyl halides is 1. The number of nitrogens with zero attached hydrogens (tertiary/aromatic N) is 4. The van der Waals surface area contributed by atoms with Crippen LogP contribution in [0, 0.1) is 11.3 Å². The van der Waals surface area contributed by atoms with Gasteiger partial charge in [0.05, 0.1) is 11.6 Å². The zero-order valence-corrected chi connectivity index (χ0v) is 26.1. The van der Waals surface area contributed by atoms with E-state index in [1.165, 1.54) is 0 Å². The molecular weight excluding hydrogens is 549 g/mol. The van der Waals surface area contributed by atoms with Crippen LogP contribution in [0.3, 0.4) is 0 Å². The fraction of sp³-hybridized carbons (Fsp3) is 0.406. The Morgan fingerprint density at radius 3 is 2.29 bits per heavy atom. The summed E-state index contributed by atoms with van der Waals surface area (Å²) in [5, 5.41) is 12.1. The van der Waals surface area contributed by atoms with Gasteiger partial charge in [-0.25, -0.2) is 9.37 Å². The van der Waals surface area contributed by atoms with E-state index in [4.69, 9.17) is 14.4 Å². The first-order valence-corrected chi connectivity index (χ1v) is 17.1. The maximum absolute atomic E-state index is 13.6. The number of benzene rings is 2. The highest BCUT2D eigenvalue weighted by Crippen LogP contribution is 2.37. The fourth-order valence-corrected chi connectivity index (χ4v) is 5.73. The van der Waals surface area contributed by atoms with Crippen LogP contribution in [0.25, 0.3) is 0 Å². The molecule has 1 amide bonds. The maximum Gasteiger partial charge on any atom is 0.255 e. The van der Waals surface area contributed by atoms with E-state index in [0.717, 1.165) is 37.7 Å². The molecule has 1 aliphatic heterocycles. The van der Waals surface area contributed by atoms with Crippen LogP contribution in [-0.4, -0.2) is 64.8 Å². The van der Waals surface area contributed by atoms with E-state index in [1.54, 1.807) is 36.5 Å². The second-order valence-corrected chi connectivity index (χ2v) is 16.7. The number of ether oxygens (including phenoxy) is 1. The minimum absolute atomic E-state index is 0.0174. The molecule has 2 heterocycles. The minimum atomic E-state index is -2.11. The molecule has 1 N–H and O–H groups in total. The van der Waals surface area contributed by atoms with Gasteiger partial charge in [0.1, 0.15) is 31.0 Å². The van der Waals surface area contributed by atoms with Gasteiger partial charge in [0, 0.05) is 49.3 Å². The van der Waals surface area contributed by atoms with Crippen molar-refractivity contribution in [2.45, 2.75) is 45.0 Å². The van der Waals surface area contributed by atoms with Gasteiger partial charge in [0.2, 0.25) is 0 Å². The topological polar surface area (TPSA) is 90.7 Å². The van der Waals surface area contributed by atoms with Crippen LogP contribution in [0.15, 0.2) is 66.9 Å². The smallest absolute Gasteiger partial charge is 0.255 e. The van der Waals surface area contributed by atoms with Gasteiger partial charge in [-0.3, -0.25) is 4.79 Å². The molecule has 0 saturated carbocycles. The molecule has 2 aromatic carbocycles. The predicted molar refractivity (Wildman–Crippen MR) is 168 cm³/mol. The molecule has 1 fully saturated rings. The van der Waals surface area contributed by atoms with Gasteiger partial charge in [-0.1, -0.05) is 20.8 Å². The summed E-state index contributed by atoms with van der Waals surface area (Å²) in [5.41, 5.74) is 2.89. The van der Waals surface area contributed by atoms with Crippen molar-refractivity contribution >= 4 is 31.4 Å². The van der Waals surface area contributed by atoms with E-state index in [2.05, 4.69) is 60.0 Å². The number of carbonyl (C=O) groups is 1. The molecule has 8 nitrogen and oxygen atoms in total. The van der Waals surface area contributed by atoms with Crippen molar-refractivity contribution in [2.75, 3.05) is 54.6 Å². The number of amides is 1. The Hall–Kier alpha value is -3.94. The summed E-state index contributed by atoms with van der Waals surface area (Å²) in [6.07, 6.45) is 1.05. The standard InChI is InChI=1S/C32H40FN5O3Si/c1-32(2,3)42(4,5)41-29(21-33)23-40-28-12-6-25(7-13-28)31(39)36-26-8-10-27(11-9-26)37-16-18-38(19-17-37)30-20-24(22-34)14-15-35-30/h6-15,20,29H,16-19,21,23H2,1-5H3,(H,36,39). The van der Waals surface area contributed by atoms with Crippen molar-refractivity contribution in [1.29, 1.82) is 5.26 Å². The lowest BCUT2D eigenvalue weighted by Gasteiger charge is -2.38. The summed E-state index contributed by atoms with van der Waals surface area (Å²) >= 11 is 0. The van der Waals surface area contributed by atoms with Gasteiger partial charge in [0.25, 0.3) is 5.91 Å². The second kappa shape index (κ2) is 13.4. The quantitative estimate of drug-likeness (QED) is 0.279. The Balaban J connectivity index is 1.26. The first-order valence-electron chi connectivity index (χ1n) is 14.2. The van der Waals surface area contributed by atoms with Crippen LogP contribution >= 0.6 is 0 Å². The Morgan fingerprint density at radius 1 is 1.05 bits per heavy atom. The lowest BCUT2D eigenvalue weighted by atomic mass is 10.2. The largest absolute Gasteiger partial charge is 0.491 e. The molecule has 4 rings (SSSR count). The van der Waals surface area contributed by atoms with Gasteiger partial charge >= 0.3 is 0 Å². The van der Waals surface area contributed by atoms with Crippen LogP contribution in [0.5, 0.6) is 5.75 Å². The van der Waals surface area contributed by atoms with Crippen molar-refractivity contribution in [2.24, 2.45) is 0 Å². The Morgan fingerprint density at radius 2 is 1.69 bits per heavy atom. The van der Waals surface area contributed by atoms with Crippen LogP contribution < -0.4 is 19.9 Å². The number of anilines is 3. The Kier molecular flexibility index (Phi) is 9.86. The van der Waals surface area contributed by atoms with Crippen molar-refractivity contribution in [3.8, 4) is 11.8 Å². The summed E-state index contributed by atoms with van der Waals surface area (Å²) in [7, 11) is -2.11. The van der Waals surface area contributed by atoms with Crippen molar-refractivity contribution in [1.82, 2.24) is 4.98 Å². The average molecular weight is 590 g/mol. The van der Waals surface area contributed by atoms with Crippen LogP contribution in [-0.2, 0) is 4.43 Å². The lowest BCUT2D eigenvalue weighted by Crippen LogP contribution is -2.46. The number of rotatable bonds is 10. The lowest BCUT2D eigenvalue weighted by molar-refractivity contribution is 0.0919. The number of nitrogens with one attached hydrogen (secondary N) is 1. The molecule has 0 aliphatic carbocycles. The third-order valence-electron chi connectivity index (χ3n) is 7.96. The predicted octanol–water partition coefficient (Wildman–Crippen LogP) is 6.27.